The summed E-state index contributed by atoms with van der Waals surface area (Å²) in [6.45, 7) is 5.21. The maximum atomic E-state index is 12.9. The molecule has 0 aliphatic carbocycles. The first kappa shape index (κ1) is 24.9. The lowest BCUT2D eigenvalue weighted by Gasteiger charge is -2.21. The fraction of sp³-hybridized carbons (Fsp3) is 0.222. The Balaban J connectivity index is 1.58. The van der Waals surface area contributed by atoms with Gasteiger partial charge in [0.05, 0.1) is 6.61 Å². The minimum absolute atomic E-state index is 0.0860. The Kier molecular flexibility index (Phi) is 9.17. The molecule has 0 atom stereocenters. The van der Waals surface area contributed by atoms with Crippen LogP contribution in [0, 0.1) is 0 Å². The van der Waals surface area contributed by atoms with E-state index < -0.39 is 0 Å². The molecular weight excluding hydrogens is 446 g/mol. The molecule has 2 amide bonds. The lowest BCUT2D eigenvalue weighted by Crippen LogP contribution is -2.34. The Morgan fingerprint density at radius 1 is 0.912 bits per heavy atom. The molecule has 0 radical (unpaired) electrons. The van der Waals surface area contributed by atoms with Crippen LogP contribution in [0.25, 0.3) is 0 Å². The van der Waals surface area contributed by atoms with Gasteiger partial charge in [-0.2, -0.15) is 0 Å². The van der Waals surface area contributed by atoms with Gasteiger partial charge in [-0.1, -0.05) is 37.6 Å². The quantitative estimate of drug-likeness (QED) is 0.309. The zero-order valence-corrected chi connectivity index (χ0v) is 20.2. The molecule has 34 heavy (non-hydrogen) atoms. The highest BCUT2D eigenvalue weighted by Gasteiger charge is 2.16. The van der Waals surface area contributed by atoms with Crippen molar-refractivity contribution in [3.05, 3.63) is 90.0 Å². The number of hydrogen-bond donors (Lipinski definition) is 2. The van der Waals surface area contributed by atoms with Crippen LogP contribution in [-0.2, 0) is 0 Å². The molecule has 6 nitrogen and oxygen atoms in total. The van der Waals surface area contributed by atoms with Gasteiger partial charge in [0, 0.05) is 29.0 Å². The van der Waals surface area contributed by atoms with Gasteiger partial charge in [0.2, 0.25) is 0 Å². The number of anilines is 2. The van der Waals surface area contributed by atoms with E-state index in [4.69, 9.17) is 17.0 Å². The topological polar surface area (TPSA) is 70.7 Å². The lowest BCUT2D eigenvalue weighted by atomic mass is 10.1. The minimum Gasteiger partial charge on any atom is -0.494 e. The maximum absolute atomic E-state index is 12.9. The van der Waals surface area contributed by atoms with Crippen molar-refractivity contribution in [3.8, 4) is 5.75 Å². The van der Waals surface area contributed by atoms with Gasteiger partial charge in [0.25, 0.3) is 11.8 Å². The molecule has 2 N–H and O–H groups in total. The van der Waals surface area contributed by atoms with Gasteiger partial charge in [0.1, 0.15) is 5.75 Å². The average Bonchev–Trinajstić information content (AvgIpc) is 2.86. The number of unbranched alkanes of at least 4 members (excludes halogenated alkanes) is 1. The van der Waals surface area contributed by atoms with Crippen molar-refractivity contribution in [1.82, 2.24) is 5.32 Å². The van der Waals surface area contributed by atoms with Crippen LogP contribution in [0.15, 0.2) is 78.9 Å². The van der Waals surface area contributed by atoms with E-state index in [-0.39, 0.29) is 16.9 Å². The summed E-state index contributed by atoms with van der Waals surface area (Å²) in [5, 5.41) is 5.83. The maximum Gasteiger partial charge on any atom is 0.258 e. The van der Waals surface area contributed by atoms with Gasteiger partial charge in [-0.05, 0) is 80.2 Å². The fourth-order valence-corrected chi connectivity index (χ4v) is 3.51. The van der Waals surface area contributed by atoms with Gasteiger partial charge in [-0.25, -0.2) is 0 Å². The highest BCUT2D eigenvalue weighted by molar-refractivity contribution is 7.80. The summed E-state index contributed by atoms with van der Waals surface area (Å²) in [6, 6.07) is 23.5. The third kappa shape index (κ3) is 6.89. The second-order valence-corrected chi connectivity index (χ2v) is 8.01. The van der Waals surface area contributed by atoms with E-state index in [1.807, 2.05) is 43.3 Å². The third-order valence-electron chi connectivity index (χ3n) is 5.11. The average molecular weight is 476 g/mol. The molecule has 3 rings (SSSR count). The van der Waals surface area contributed by atoms with E-state index in [1.165, 1.54) is 0 Å². The van der Waals surface area contributed by atoms with E-state index in [0.29, 0.717) is 35.7 Å². The highest BCUT2D eigenvalue weighted by Crippen LogP contribution is 2.18. The molecule has 3 aromatic rings. The van der Waals surface area contributed by atoms with Crippen molar-refractivity contribution in [2.24, 2.45) is 0 Å². The summed E-state index contributed by atoms with van der Waals surface area (Å²) in [5.74, 6) is 0.237. The number of amides is 2. The van der Waals surface area contributed by atoms with Gasteiger partial charge in [-0.15, -0.1) is 0 Å². The van der Waals surface area contributed by atoms with Crippen molar-refractivity contribution in [2.45, 2.75) is 26.7 Å². The van der Waals surface area contributed by atoms with Crippen LogP contribution in [0.3, 0.4) is 0 Å². The fourth-order valence-electron chi connectivity index (χ4n) is 3.30. The number of carbonyl (C=O) groups is 2. The van der Waals surface area contributed by atoms with Crippen LogP contribution in [0.2, 0.25) is 0 Å². The molecule has 0 heterocycles. The van der Waals surface area contributed by atoms with Crippen molar-refractivity contribution in [2.75, 3.05) is 23.4 Å². The number of thiocarbonyl (C=S) groups is 1. The number of para-hydroxylation sites is 1. The molecule has 176 valence electrons. The smallest absolute Gasteiger partial charge is 0.258 e. The first-order valence-corrected chi connectivity index (χ1v) is 11.7. The summed E-state index contributed by atoms with van der Waals surface area (Å²) in [6.07, 6.45) is 2.00. The van der Waals surface area contributed by atoms with Crippen LogP contribution in [0.5, 0.6) is 5.75 Å². The van der Waals surface area contributed by atoms with Crippen LogP contribution in [0.1, 0.15) is 47.4 Å². The molecule has 0 fully saturated rings. The van der Waals surface area contributed by atoms with Crippen LogP contribution >= 0.6 is 12.2 Å². The molecule has 0 saturated heterocycles. The number of nitrogens with zero attached hydrogens (tertiary/aromatic N) is 1. The molecular formula is C27H29N3O3S. The largest absolute Gasteiger partial charge is 0.494 e. The summed E-state index contributed by atoms with van der Waals surface area (Å²) in [5.41, 5.74) is 2.54. The van der Waals surface area contributed by atoms with Crippen LogP contribution < -0.4 is 20.3 Å². The molecule has 0 unspecified atom stereocenters. The molecule has 3 aromatic carbocycles. The molecule has 0 saturated carbocycles. The van der Waals surface area contributed by atoms with Crippen LogP contribution in [0.4, 0.5) is 11.4 Å². The van der Waals surface area contributed by atoms with Gasteiger partial charge in [0.15, 0.2) is 5.11 Å². The highest BCUT2D eigenvalue weighted by atomic mass is 32.1. The molecule has 0 spiro atoms. The number of hydrogen-bond acceptors (Lipinski definition) is 4. The van der Waals surface area contributed by atoms with Crippen LogP contribution in [-0.4, -0.2) is 30.1 Å². The van der Waals surface area contributed by atoms with E-state index in [0.717, 1.165) is 18.5 Å². The SMILES string of the molecule is CCCCOc1cccc(C(=O)NC(=S)Nc2ccc(C(=O)N(CC)c3ccccc3)cc2)c1. The summed E-state index contributed by atoms with van der Waals surface area (Å²) in [7, 11) is 0. The second-order valence-electron chi connectivity index (χ2n) is 7.60. The first-order chi connectivity index (χ1) is 16.5. The minimum atomic E-state index is -0.327. The predicted molar refractivity (Wildman–Crippen MR) is 141 cm³/mol. The van der Waals surface area contributed by atoms with Gasteiger partial charge >= 0.3 is 0 Å². The Bertz CT molecular complexity index is 1120. The Hall–Kier alpha value is -3.71. The van der Waals surface area contributed by atoms with E-state index in [9.17, 15) is 9.59 Å². The summed E-state index contributed by atoms with van der Waals surface area (Å²) >= 11 is 5.29. The summed E-state index contributed by atoms with van der Waals surface area (Å²) < 4.78 is 5.66. The molecule has 0 aliphatic rings. The molecule has 7 heteroatoms. The van der Waals surface area contributed by atoms with Crippen molar-refractivity contribution >= 4 is 40.5 Å². The van der Waals surface area contributed by atoms with Crippen molar-refractivity contribution in [3.63, 3.8) is 0 Å². The number of rotatable bonds is 9. The lowest BCUT2D eigenvalue weighted by molar-refractivity contribution is 0.0973. The molecule has 0 aromatic heterocycles. The van der Waals surface area contributed by atoms with Crippen molar-refractivity contribution < 1.29 is 14.3 Å². The Morgan fingerprint density at radius 2 is 1.65 bits per heavy atom. The van der Waals surface area contributed by atoms with Gasteiger partial charge in [-0.3, -0.25) is 14.9 Å². The second kappa shape index (κ2) is 12.5. The number of carbonyl (C=O) groups excluding carboxylic acids is 2. The first-order valence-electron chi connectivity index (χ1n) is 11.3. The summed E-state index contributed by atoms with van der Waals surface area (Å²) in [4.78, 5) is 27.2. The monoisotopic (exact) mass is 475 g/mol. The zero-order valence-electron chi connectivity index (χ0n) is 19.4. The zero-order chi connectivity index (χ0) is 24.3. The Labute approximate surface area is 205 Å². The third-order valence-corrected chi connectivity index (χ3v) is 5.31. The molecule has 0 aliphatic heterocycles. The standard InChI is InChI=1S/C27H29N3O3S/c1-3-5-18-33-24-13-9-10-21(19-24)25(31)29-27(34)28-22-16-14-20(15-17-22)26(32)30(4-2)23-11-7-6-8-12-23/h6-17,19H,3-5,18H2,1-2H3,(H2,28,29,31,34). The Morgan fingerprint density at radius 3 is 2.32 bits per heavy atom. The number of benzene rings is 3. The van der Waals surface area contributed by atoms with E-state index in [1.54, 1.807) is 47.4 Å². The van der Waals surface area contributed by atoms with E-state index >= 15 is 0 Å². The normalized spacial score (nSPS) is 10.3. The number of nitrogens with one attached hydrogen (secondary N) is 2. The number of ether oxygens (including phenoxy) is 1. The van der Waals surface area contributed by atoms with Crippen molar-refractivity contribution in [1.29, 1.82) is 0 Å². The molecule has 0 bridgehead atoms. The predicted octanol–water partition coefficient (Wildman–Crippen LogP) is 5.66. The van der Waals surface area contributed by atoms with E-state index in [2.05, 4.69) is 17.6 Å². The van der Waals surface area contributed by atoms with Gasteiger partial charge < -0.3 is 15.0 Å².